The summed E-state index contributed by atoms with van der Waals surface area (Å²) in [6.07, 6.45) is 1.35. The monoisotopic (exact) mass is 288 g/mol. The maximum Gasteiger partial charge on any atom is 0.407 e. The Kier molecular flexibility index (Phi) is 5.31. The Labute approximate surface area is 124 Å². The van der Waals surface area contributed by atoms with E-state index in [1.54, 1.807) is 10.9 Å². The van der Waals surface area contributed by atoms with Gasteiger partial charge in [0.15, 0.2) is 0 Å². The Bertz CT molecular complexity index is 566. The number of aromatic nitrogens is 3. The van der Waals surface area contributed by atoms with Crippen LogP contribution in [-0.4, -0.2) is 27.6 Å². The number of ether oxygens (including phenoxy) is 1. The molecule has 0 bridgehead atoms. The van der Waals surface area contributed by atoms with Crippen LogP contribution in [0.3, 0.4) is 0 Å². The SMILES string of the molecule is CC(C)CNC(=O)OCc1cn(Cc2ccccc2)nn1. The first kappa shape index (κ1) is 15.0. The standard InChI is InChI=1S/C15H20N4O2/c1-12(2)8-16-15(20)21-11-14-10-19(18-17-14)9-13-6-4-3-5-7-13/h3-7,10,12H,8-9,11H2,1-2H3,(H,16,20). The van der Waals surface area contributed by atoms with E-state index in [2.05, 4.69) is 15.6 Å². The minimum atomic E-state index is -0.429. The molecule has 0 fully saturated rings. The molecule has 21 heavy (non-hydrogen) atoms. The molecule has 0 aliphatic carbocycles. The molecule has 112 valence electrons. The first-order valence-corrected chi connectivity index (χ1v) is 6.97. The van der Waals surface area contributed by atoms with Crippen LogP contribution in [0.2, 0.25) is 0 Å². The molecular formula is C15H20N4O2. The lowest BCUT2D eigenvalue weighted by atomic mass is 10.2. The van der Waals surface area contributed by atoms with Gasteiger partial charge in [-0.1, -0.05) is 49.4 Å². The van der Waals surface area contributed by atoms with E-state index >= 15 is 0 Å². The summed E-state index contributed by atoms with van der Waals surface area (Å²) >= 11 is 0. The van der Waals surface area contributed by atoms with Gasteiger partial charge in [-0.3, -0.25) is 0 Å². The molecule has 1 amide bonds. The maximum atomic E-state index is 11.4. The van der Waals surface area contributed by atoms with E-state index in [1.807, 2.05) is 44.2 Å². The topological polar surface area (TPSA) is 69.0 Å². The lowest BCUT2D eigenvalue weighted by Gasteiger charge is -2.07. The van der Waals surface area contributed by atoms with Crippen molar-refractivity contribution in [1.29, 1.82) is 0 Å². The minimum Gasteiger partial charge on any atom is -0.443 e. The average molecular weight is 288 g/mol. The van der Waals surface area contributed by atoms with Gasteiger partial charge in [-0.25, -0.2) is 9.48 Å². The summed E-state index contributed by atoms with van der Waals surface area (Å²) in [5.41, 5.74) is 1.77. The summed E-state index contributed by atoms with van der Waals surface area (Å²) in [5.74, 6) is 0.393. The van der Waals surface area contributed by atoms with Crippen LogP contribution < -0.4 is 5.32 Å². The highest BCUT2D eigenvalue weighted by Crippen LogP contribution is 2.03. The van der Waals surface area contributed by atoms with Gasteiger partial charge in [0.2, 0.25) is 0 Å². The molecule has 2 rings (SSSR count). The van der Waals surface area contributed by atoms with E-state index in [1.165, 1.54) is 0 Å². The molecule has 1 N–H and O–H groups in total. The van der Waals surface area contributed by atoms with Crippen molar-refractivity contribution >= 4 is 6.09 Å². The third-order valence-corrected chi connectivity index (χ3v) is 2.78. The number of benzene rings is 1. The van der Waals surface area contributed by atoms with E-state index in [0.29, 0.717) is 24.7 Å². The molecule has 6 heteroatoms. The van der Waals surface area contributed by atoms with Gasteiger partial charge in [-0.2, -0.15) is 0 Å². The highest BCUT2D eigenvalue weighted by atomic mass is 16.5. The Balaban J connectivity index is 1.79. The summed E-state index contributed by atoms with van der Waals surface area (Å²) in [7, 11) is 0. The van der Waals surface area contributed by atoms with Gasteiger partial charge in [0.05, 0.1) is 12.7 Å². The minimum absolute atomic E-state index is 0.124. The normalized spacial score (nSPS) is 10.6. The number of rotatable bonds is 6. The van der Waals surface area contributed by atoms with Gasteiger partial charge >= 0.3 is 6.09 Å². The van der Waals surface area contributed by atoms with Gasteiger partial charge in [-0.05, 0) is 11.5 Å². The number of hydrogen-bond donors (Lipinski definition) is 1. The van der Waals surface area contributed by atoms with E-state index in [9.17, 15) is 4.79 Å². The third kappa shape index (κ3) is 5.25. The zero-order chi connectivity index (χ0) is 15.1. The van der Waals surface area contributed by atoms with Crippen LogP contribution in [0.15, 0.2) is 36.5 Å². The second-order valence-electron chi connectivity index (χ2n) is 5.24. The van der Waals surface area contributed by atoms with Crippen LogP contribution in [0.5, 0.6) is 0 Å². The summed E-state index contributed by atoms with van der Waals surface area (Å²) < 4.78 is 6.80. The fourth-order valence-corrected chi connectivity index (χ4v) is 1.73. The first-order chi connectivity index (χ1) is 10.1. The molecule has 0 aliphatic rings. The zero-order valence-corrected chi connectivity index (χ0v) is 12.3. The summed E-state index contributed by atoms with van der Waals surface area (Å²) in [5, 5.41) is 10.7. The van der Waals surface area contributed by atoms with Gasteiger partial charge in [0.1, 0.15) is 12.3 Å². The number of alkyl carbamates (subject to hydrolysis) is 1. The molecule has 6 nitrogen and oxygen atoms in total. The number of hydrogen-bond acceptors (Lipinski definition) is 4. The summed E-state index contributed by atoms with van der Waals surface area (Å²) in [6, 6.07) is 9.99. The van der Waals surface area contributed by atoms with Crippen molar-refractivity contribution in [2.24, 2.45) is 5.92 Å². The van der Waals surface area contributed by atoms with Gasteiger partial charge < -0.3 is 10.1 Å². The molecule has 0 aliphatic heterocycles. The second-order valence-corrected chi connectivity index (χ2v) is 5.24. The molecule has 1 heterocycles. The number of carbonyl (C=O) groups excluding carboxylic acids is 1. The van der Waals surface area contributed by atoms with Crippen LogP contribution in [-0.2, 0) is 17.9 Å². The number of nitrogens with one attached hydrogen (secondary N) is 1. The average Bonchev–Trinajstić information content (AvgIpc) is 2.91. The zero-order valence-electron chi connectivity index (χ0n) is 12.3. The Hall–Kier alpha value is -2.37. The quantitative estimate of drug-likeness (QED) is 0.884. The fourth-order valence-electron chi connectivity index (χ4n) is 1.73. The smallest absolute Gasteiger partial charge is 0.407 e. The predicted octanol–water partition coefficient (Wildman–Crippen LogP) is 2.21. The number of nitrogens with zero attached hydrogens (tertiary/aromatic N) is 3. The number of amides is 1. The van der Waals surface area contributed by atoms with Crippen molar-refractivity contribution in [1.82, 2.24) is 20.3 Å². The molecule has 0 saturated carbocycles. The van der Waals surface area contributed by atoms with Crippen LogP contribution in [0, 0.1) is 5.92 Å². The Morgan fingerprint density at radius 2 is 2.10 bits per heavy atom. The van der Waals surface area contributed by atoms with E-state index < -0.39 is 6.09 Å². The van der Waals surface area contributed by atoms with E-state index in [4.69, 9.17) is 4.74 Å². The van der Waals surface area contributed by atoms with Crippen molar-refractivity contribution in [2.45, 2.75) is 27.0 Å². The largest absolute Gasteiger partial charge is 0.443 e. The molecule has 0 spiro atoms. The van der Waals surface area contributed by atoms with Crippen molar-refractivity contribution < 1.29 is 9.53 Å². The molecule has 0 atom stereocenters. The highest BCUT2D eigenvalue weighted by Gasteiger charge is 2.06. The van der Waals surface area contributed by atoms with E-state index in [-0.39, 0.29) is 6.61 Å². The van der Waals surface area contributed by atoms with Crippen LogP contribution >= 0.6 is 0 Å². The molecule has 1 aromatic heterocycles. The van der Waals surface area contributed by atoms with Gasteiger partial charge in [0.25, 0.3) is 0 Å². The Morgan fingerprint density at radius 3 is 2.81 bits per heavy atom. The van der Waals surface area contributed by atoms with Crippen molar-refractivity contribution in [3.63, 3.8) is 0 Å². The van der Waals surface area contributed by atoms with E-state index in [0.717, 1.165) is 5.56 Å². The summed E-state index contributed by atoms with van der Waals surface area (Å²) in [6.45, 7) is 5.41. The highest BCUT2D eigenvalue weighted by molar-refractivity contribution is 5.67. The molecule has 0 radical (unpaired) electrons. The van der Waals surface area contributed by atoms with Crippen LogP contribution in [0.25, 0.3) is 0 Å². The summed E-state index contributed by atoms with van der Waals surface area (Å²) in [4.78, 5) is 11.4. The van der Waals surface area contributed by atoms with Gasteiger partial charge in [-0.15, -0.1) is 5.10 Å². The molecule has 2 aromatic rings. The van der Waals surface area contributed by atoms with Crippen molar-refractivity contribution in [3.05, 3.63) is 47.8 Å². The lowest BCUT2D eigenvalue weighted by molar-refractivity contribution is 0.137. The van der Waals surface area contributed by atoms with Crippen molar-refractivity contribution in [3.8, 4) is 0 Å². The maximum absolute atomic E-state index is 11.4. The molecule has 0 saturated heterocycles. The molecule has 1 aromatic carbocycles. The van der Waals surface area contributed by atoms with Crippen molar-refractivity contribution in [2.75, 3.05) is 6.54 Å². The molecule has 0 unspecified atom stereocenters. The number of carbonyl (C=O) groups is 1. The third-order valence-electron chi connectivity index (χ3n) is 2.78. The Morgan fingerprint density at radius 1 is 1.33 bits per heavy atom. The van der Waals surface area contributed by atoms with Crippen LogP contribution in [0.4, 0.5) is 4.79 Å². The second kappa shape index (κ2) is 7.42. The predicted molar refractivity (Wildman–Crippen MR) is 78.6 cm³/mol. The lowest BCUT2D eigenvalue weighted by Crippen LogP contribution is -2.27. The fraction of sp³-hybridized carbons (Fsp3) is 0.400. The molecular weight excluding hydrogens is 268 g/mol. The van der Waals surface area contributed by atoms with Crippen LogP contribution in [0.1, 0.15) is 25.1 Å². The first-order valence-electron chi connectivity index (χ1n) is 6.97. The van der Waals surface area contributed by atoms with Gasteiger partial charge in [0, 0.05) is 6.54 Å².